The Kier molecular flexibility index (Phi) is 4.43. The van der Waals surface area contributed by atoms with Gasteiger partial charge in [-0.15, -0.1) is 0 Å². The lowest BCUT2D eigenvalue weighted by Gasteiger charge is -2.50. The maximum atomic E-state index is 12.5. The first kappa shape index (κ1) is 18.7. The molecule has 152 valence electrons. The average molecular weight is 392 g/mol. The van der Waals surface area contributed by atoms with E-state index in [2.05, 4.69) is 13.0 Å². The summed E-state index contributed by atoms with van der Waals surface area (Å²) in [7, 11) is 0. The van der Waals surface area contributed by atoms with E-state index in [4.69, 9.17) is 10.5 Å². The summed E-state index contributed by atoms with van der Waals surface area (Å²) in [6, 6.07) is 13.1. The molecule has 0 amide bonds. The second kappa shape index (κ2) is 6.88. The number of aliphatic hydroxyl groups excluding tert-OH is 1. The number of rotatable bonds is 2. The summed E-state index contributed by atoms with van der Waals surface area (Å²) < 4.78 is 5.63. The zero-order valence-corrected chi connectivity index (χ0v) is 16.9. The number of para-hydroxylation sites is 1. The van der Waals surface area contributed by atoms with Crippen molar-refractivity contribution >= 4 is 11.7 Å². The predicted octanol–water partition coefficient (Wildman–Crippen LogP) is 4.71. The third-order valence-corrected chi connectivity index (χ3v) is 8.04. The minimum atomic E-state index is -0.412. The van der Waals surface area contributed by atoms with Crippen molar-refractivity contribution in [3.63, 3.8) is 0 Å². The van der Waals surface area contributed by atoms with Crippen molar-refractivity contribution in [3.8, 4) is 5.75 Å². The van der Waals surface area contributed by atoms with E-state index >= 15 is 0 Å². The summed E-state index contributed by atoms with van der Waals surface area (Å²) in [6.07, 6.45) is 6.38. The standard InChI is InChI=1S/C25H29NO3/c1-25-13-12-18-17-9-7-16(29-24(28)20-4-2-3-5-22(20)26)14-15(17)6-8-19(18)21(25)10-11-23(25)27/h2-5,7,9,14,18-19,21,23,27H,6,8,10-13,26H2,1H3. The molecule has 0 aliphatic heterocycles. The van der Waals surface area contributed by atoms with Crippen LogP contribution < -0.4 is 10.5 Å². The molecule has 0 saturated heterocycles. The first-order valence-electron chi connectivity index (χ1n) is 10.8. The topological polar surface area (TPSA) is 72.5 Å². The van der Waals surface area contributed by atoms with E-state index in [1.54, 1.807) is 24.3 Å². The summed E-state index contributed by atoms with van der Waals surface area (Å²) in [5.41, 5.74) is 9.56. The third kappa shape index (κ3) is 2.96. The zero-order chi connectivity index (χ0) is 20.2. The second-order valence-corrected chi connectivity index (χ2v) is 9.39. The number of nitrogens with two attached hydrogens (primary N) is 1. The molecular formula is C25H29NO3. The SMILES string of the molecule is CC12CCC3c4ccc(OC(=O)c5ccccc5N)cc4CCC3C1CCC2O. The normalized spacial score (nSPS) is 32.8. The van der Waals surface area contributed by atoms with E-state index in [-0.39, 0.29) is 11.5 Å². The molecular weight excluding hydrogens is 362 g/mol. The van der Waals surface area contributed by atoms with Crippen molar-refractivity contribution in [2.45, 2.75) is 57.5 Å². The van der Waals surface area contributed by atoms with Crippen molar-refractivity contribution in [2.75, 3.05) is 5.73 Å². The molecule has 29 heavy (non-hydrogen) atoms. The summed E-state index contributed by atoms with van der Waals surface area (Å²) in [4.78, 5) is 12.5. The lowest BCUT2D eigenvalue weighted by molar-refractivity contribution is -0.0226. The Morgan fingerprint density at radius 1 is 1.14 bits per heavy atom. The molecule has 0 spiro atoms. The Bertz CT molecular complexity index is 955. The molecule has 0 radical (unpaired) electrons. The Labute approximate surface area is 172 Å². The fourth-order valence-corrected chi connectivity index (χ4v) is 6.44. The van der Waals surface area contributed by atoms with Crippen LogP contribution in [0.3, 0.4) is 0 Å². The Balaban J connectivity index is 1.37. The number of hydrogen-bond donors (Lipinski definition) is 2. The molecule has 5 unspecified atom stereocenters. The maximum absolute atomic E-state index is 12.5. The van der Waals surface area contributed by atoms with Gasteiger partial charge in [0, 0.05) is 5.69 Å². The lowest BCUT2D eigenvalue weighted by atomic mass is 9.55. The molecule has 0 bridgehead atoms. The van der Waals surface area contributed by atoms with Crippen LogP contribution in [0, 0.1) is 17.3 Å². The van der Waals surface area contributed by atoms with Gasteiger partial charge in [0.1, 0.15) is 5.75 Å². The van der Waals surface area contributed by atoms with Gasteiger partial charge in [0.2, 0.25) is 0 Å². The van der Waals surface area contributed by atoms with Gasteiger partial charge < -0.3 is 15.6 Å². The number of carbonyl (C=O) groups is 1. The number of aliphatic hydroxyl groups is 1. The molecule has 4 nitrogen and oxygen atoms in total. The maximum Gasteiger partial charge on any atom is 0.345 e. The molecule has 5 atom stereocenters. The first-order valence-corrected chi connectivity index (χ1v) is 10.8. The van der Waals surface area contributed by atoms with Crippen LogP contribution in [0.1, 0.15) is 66.4 Å². The quantitative estimate of drug-likeness (QED) is 0.442. The van der Waals surface area contributed by atoms with E-state index in [0.29, 0.717) is 34.8 Å². The number of benzene rings is 2. The first-order chi connectivity index (χ1) is 14.0. The number of ether oxygens (including phenoxy) is 1. The molecule has 3 aliphatic rings. The second-order valence-electron chi connectivity index (χ2n) is 9.39. The molecule has 3 aliphatic carbocycles. The van der Waals surface area contributed by atoms with Crippen LogP contribution in [-0.4, -0.2) is 17.2 Å². The highest BCUT2D eigenvalue weighted by atomic mass is 16.5. The van der Waals surface area contributed by atoms with Crippen LogP contribution in [-0.2, 0) is 6.42 Å². The van der Waals surface area contributed by atoms with Gasteiger partial charge in [-0.25, -0.2) is 4.79 Å². The summed E-state index contributed by atoms with van der Waals surface area (Å²) in [5, 5.41) is 10.5. The van der Waals surface area contributed by atoms with Crippen LogP contribution in [0.15, 0.2) is 42.5 Å². The number of hydrogen-bond acceptors (Lipinski definition) is 4. The Morgan fingerprint density at radius 3 is 2.79 bits per heavy atom. The van der Waals surface area contributed by atoms with Gasteiger partial charge in [0.05, 0.1) is 11.7 Å². The molecule has 2 aromatic rings. The van der Waals surface area contributed by atoms with Crippen LogP contribution in [0.5, 0.6) is 5.75 Å². The van der Waals surface area contributed by atoms with Crippen molar-refractivity contribution in [2.24, 2.45) is 17.3 Å². The van der Waals surface area contributed by atoms with E-state index < -0.39 is 5.97 Å². The van der Waals surface area contributed by atoms with Crippen molar-refractivity contribution in [1.82, 2.24) is 0 Å². The van der Waals surface area contributed by atoms with Gasteiger partial charge in [-0.05, 0) is 97.1 Å². The fraction of sp³-hybridized carbons (Fsp3) is 0.480. The lowest BCUT2D eigenvalue weighted by Crippen LogP contribution is -2.43. The van der Waals surface area contributed by atoms with Crippen molar-refractivity contribution < 1.29 is 14.6 Å². The summed E-state index contributed by atoms with van der Waals surface area (Å²) in [5.74, 6) is 2.04. The van der Waals surface area contributed by atoms with Crippen LogP contribution in [0.4, 0.5) is 5.69 Å². The van der Waals surface area contributed by atoms with Crippen molar-refractivity contribution in [1.29, 1.82) is 0 Å². The minimum absolute atomic E-state index is 0.101. The summed E-state index contributed by atoms with van der Waals surface area (Å²) >= 11 is 0. The van der Waals surface area contributed by atoms with Crippen LogP contribution in [0.25, 0.3) is 0 Å². The highest BCUT2D eigenvalue weighted by molar-refractivity contribution is 5.96. The minimum Gasteiger partial charge on any atom is -0.423 e. The Hall–Kier alpha value is -2.33. The number of aryl methyl sites for hydroxylation is 1. The predicted molar refractivity (Wildman–Crippen MR) is 113 cm³/mol. The van der Waals surface area contributed by atoms with Gasteiger partial charge in [0.15, 0.2) is 0 Å². The van der Waals surface area contributed by atoms with Crippen molar-refractivity contribution in [3.05, 3.63) is 59.2 Å². The van der Waals surface area contributed by atoms with Gasteiger partial charge >= 0.3 is 5.97 Å². The zero-order valence-electron chi connectivity index (χ0n) is 16.9. The van der Waals surface area contributed by atoms with Gasteiger partial charge in [-0.2, -0.15) is 0 Å². The largest absolute Gasteiger partial charge is 0.423 e. The van der Waals surface area contributed by atoms with Gasteiger partial charge in [0.25, 0.3) is 0 Å². The Morgan fingerprint density at radius 2 is 1.97 bits per heavy atom. The summed E-state index contributed by atoms with van der Waals surface area (Å²) in [6.45, 7) is 2.30. The van der Waals surface area contributed by atoms with E-state index in [1.165, 1.54) is 11.1 Å². The number of carbonyl (C=O) groups excluding carboxylic acids is 1. The van der Waals surface area contributed by atoms with Crippen LogP contribution >= 0.6 is 0 Å². The monoisotopic (exact) mass is 391 g/mol. The molecule has 5 rings (SSSR count). The molecule has 2 aromatic carbocycles. The van der Waals surface area contributed by atoms with E-state index in [9.17, 15) is 9.90 Å². The molecule has 2 fully saturated rings. The number of fused-ring (bicyclic) bond motifs is 5. The van der Waals surface area contributed by atoms with Gasteiger partial charge in [-0.1, -0.05) is 25.1 Å². The highest BCUT2D eigenvalue weighted by Crippen LogP contribution is 2.60. The molecule has 3 N–H and O–H groups in total. The third-order valence-electron chi connectivity index (χ3n) is 8.04. The van der Waals surface area contributed by atoms with Crippen LogP contribution in [0.2, 0.25) is 0 Å². The van der Waals surface area contributed by atoms with Gasteiger partial charge in [-0.3, -0.25) is 0 Å². The number of esters is 1. The molecule has 4 heteroatoms. The van der Waals surface area contributed by atoms with E-state index in [0.717, 1.165) is 38.5 Å². The number of anilines is 1. The average Bonchev–Trinajstić information content (AvgIpc) is 3.02. The van der Waals surface area contributed by atoms with E-state index in [1.807, 2.05) is 12.1 Å². The number of nitrogen functional groups attached to an aromatic ring is 1. The highest BCUT2D eigenvalue weighted by Gasteiger charge is 2.54. The molecule has 2 saturated carbocycles. The molecule has 0 heterocycles. The smallest absolute Gasteiger partial charge is 0.345 e. The fourth-order valence-electron chi connectivity index (χ4n) is 6.44. The molecule has 0 aromatic heterocycles.